The number of carbonyl (C=O) groups excluding carboxylic acids is 3. The minimum Gasteiger partial charge on any atom is -0.443 e. The number of rotatable bonds is 5. The summed E-state index contributed by atoms with van der Waals surface area (Å²) in [6.45, 7) is 8.97. The molecule has 0 saturated carbocycles. The number of hydrogen-bond acceptors (Lipinski definition) is 8. The molecule has 0 fully saturated rings. The summed E-state index contributed by atoms with van der Waals surface area (Å²) in [6, 6.07) is 1.71. The average molecular weight is 520 g/mol. The number of benzene rings is 1. The molecule has 1 aromatic heterocycles. The molecule has 0 aliphatic carbocycles. The summed E-state index contributed by atoms with van der Waals surface area (Å²) < 4.78 is 55.9. The minimum absolute atomic E-state index is 0.0371. The van der Waals surface area contributed by atoms with Gasteiger partial charge in [0.05, 0.1) is 15.8 Å². The molecule has 2 aromatic rings. The molecule has 35 heavy (non-hydrogen) atoms. The van der Waals surface area contributed by atoms with Gasteiger partial charge in [-0.05, 0) is 59.2 Å². The van der Waals surface area contributed by atoms with Crippen molar-refractivity contribution in [2.45, 2.75) is 65.5 Å². The normalized spacial score (nSPS) is 12.4. The van der Waals surface area contributed by atoms with E-state index in [2.05, 4.69) is 10.3 Å². The lowest BCUT2D eigenvalue weighted by Gasteiger charge is -2.27. The molecule has 0 radical (unpaired) electrons. The van der Waals surface area contributed by atoms with Crippen LogP contribution in [0.5, 0.6) is 0 Å². The number of hydrogen-bond donors (Lipinski definition) is 1. The van der Waals surface area contributed by atoms with Gasteiger partial charge in [0, 0.05) is 13.7 Å². The van der Waals surface area contributed by atoms with Crippen molar-refractivity contribution in [3.05, 3.63) is 23.3 Å². The van der Waals surface area contributed by atoms with Gasteiger partial charge in [-0.15, -0.1) is 0 Å². The molecule has 1 aromatic carbocycles. The first-order valence-corrected chi connectivity index (χ1v) is 11.3. The van der Waals surface area contributed by atoms with Crippen LogP contribution in [0.25, 0.3) is 10.2 Å². The summed E-state index contributed by atoms with van der Waals surface area (Å²) in [6.07, 6.45) is -6.88. The summed E-state index contributed by atoms with van der Waals surface area (Å²) >= 11 is 0.679. The van der Waals surface area contributed by atoms with Gasteiger partial charge in [-0.2, -0.15) is 18.1 Å². The molecule has 0 unspecified atom stereocenters. The van der Waals surface area contributed by atoms with Gasteiger partial charge in [-0.1, -0.05) is 11.3 Å². The molecule has 0 atom stereocenters. The van der Waals surface area contributed by atoms with Crippen LogP contribution in [0.4, 0.5) is 27.9 Å². The Morgan fingerprint density at radius 2 is 1.54 bits per heavy atom. The van der Waals surface area contributed by atoms with Gasteiger partial charge in [-0.3, -0.25) is 4.79 Å². The van der Waals surface area contributed by atoms with E-state index in [1.807, 2.05) is 0 Å². The number of amides is 3. The zero-order valence-electron chi connectivity index (χ0n) is 20.5. The van der Waals surface area contributed by atoms with Gasteiger partial charge in [-0.25, -0.2) is 14.6 Å². The Kier molecular flexibility index (Phi) is 8.38. The van der Waals surface area contributed by atoms with Crippen LogP contribution in [0.15, 0.2) is 12.1 Å². The maximum absolute atomic E-state index is 13.5. The highest BCUT2D eigenvalue weighted by Crippen LogP contribution is 2.38. The van der Waals surface area contributed by atoms with Crippen LogP contribution in [-0.4, -0.2) is 48.0 Å². The SMILES string of the molecule is COCC(=O)NCc1cc(C(F)(F)F)cc2sc(N(C(=O)OC(C)(C)C)C(=O)OC(C)(C)C)nc12. The lowest BCUT2D eigenvalue weighted by molar-refractivity contribution is -0.137. The van der Waals surface area contributed by atoms with E-state index in [9.17, 15) is 27.6 Å². The molecule has 0 aliphatic rings. The Morgan fingerprint density at radius 1 is 1.00 bits per heavy atom. The molecule has 0 spiro atoms. The zero-order valence-corrected chi connectivity index (χ0v) is 21.3. The molecule has 0 bridgehead atoms. The number of fused-ring (bicyclic) bond motifs is 1. The third-order valence-corrected chi connectivity index (χ3v) is 4.97. The van der Waals surface area contributed by atoms with E-state index in [1.165, 1.54) is 7.11 Å². The van der Waals surface area contributed by atoms with E-state index in [0.717, 1.165) is 12.1 Å². The van der Waals surface area contributed by atoms with Crippen molar-refractivity contribution in [1.29, 1.82) is 0 Å². The second-order valence-corrected chi connectivity index (χ2v) is 10.5. The molecule has 2 rings (SSSR count). The van der Waals surface area contributed by atoms with Gasteiger partial charge in [0.2, 0.25) is 11.0 Å². The fourth-order valence-electron chi connectivity index (χ4n) is 2.70. The maximum Gasteiger partial charge on any atom is 0.426 e. The first-order chi connectivity index (χ1) is 15.9. The third kappa shape index (κ3) is 8.06. The molecular formula is C22H28F3N3O6S. The van der Waals surface area contributed by atoms with Crippen molar-refractivity contribution < 1.29 is 41.8 Å². The minimum atomic E-state index is -4.68. The van der Waals surface area contributed by atoms with E-state index in [0.29, 0.717) is 16.2 Å². The molecule has 0 saturated heterocycles. The summed E-state index contributed by atoms with van der Waals surface area (Å²) in [5.41, 5.74) is -2.82. The second-order valence-electron chi connectivity index (χ2n) is 9.48. The van der Waals surface area contributed by atoms with Gasteiger partial charge in [0.25, 0.3) is 0 Å². The first-order valence-electron chi connectivity index (χ1n) is 10.4. The largest absolute Gasteiger partial charge is 0.443 e. The van der Waals surface area contributed by atoms with Crippen LogP contribution >= 0.6 is 11.3 Å². The summed E-state index contributed by atoms with van der Waals surface area (Å²) in [5.74, 6) is -0.544. The number of aromatic nitrogens is 1. The molecule has 9 nitrogen and oxygen atoms in total. The summed E-state index contributed by atoms with van der Waals surface area (Å²) in [5, 5.41) is 2.21. The van der Waals surface area contributed by atoms with E-state index in [1.54, 1.807) is 41.5 Å². The number of carbonyl (C=O) groups is 3. The number of ether oxygens (including phenoxy) is 3. The highest BCUT2D eigenvalue weighted by molar-refractivity contribution is 7.22. The monoisotopic (exact) mass is 519 g/mol. The number of nitrogens with zero attached hydrogens (tertiary/aromatic N) is 2. The Morgan fingerprint density at radius 3 is 2.00 bits per heavy atom. The average Bonchev–Trinajstić information content (AvgIpc) is 3.06. The fourth-order valence-corrected chi connectivity index (χ4v) is 3.74. The zero-order chi connectivity index (χ0) is 26.8. The van der Waals surface area contributed by atoms with Gasteiger partial charge in [0.1, 0.15) is 17.8 Å². The Labute approximate surface area is 204 Å². The number of methoxy groups -OCH3 is 1. The number of anilines is 1. The lowest BCUT2D eigenvalue weighted by atomic mass is 10.1. The number of alkyl halides is 3. The topological polar surface area (TPSA) is 107 Å². The number of nitrogens with one attached hydrogen (secondary N) is 1. The summed E-state index contributed by atoms with van der Waals surface area (Å²) in [7, 11) is 1.30. The Hall–Kier alpha value is -2.93. The van der Waals surface area contributed by atoms with Gasteiger partial charge >= 0.3 is 18.4 Å². The molecule has 3 amide bonds. The van der Waals surface area contributed by atoms with Crippen LogP contribution in [0.1, 0.15) is 52.7 Å². The van der Waals surface area contributed by atoms with Gasteiger partial charge in [0.15, 0.2) is 0 Å². The molecule has 1 heterocycles. The van der Waals surface area contributed by atoms with Crippen molar-refractivity contribution in [2.75, 3.05) is 18.6 Å². The predicted molar refractivity (Wildman–Crippen MR) is 123 cm³/mol. The predicted octanol–water partition coefficient (Wildman–Crippen LogP) is 5.25. The standard InChI is InChI=1S/C22H28F3N3O6S/c1-20(2,3)33-18(30)28(19(31)34-21(4,5)6)17-27-16-12(10-26-15(29)11-32-7)8-13(22(23,24)25)9-14(16)35-17/h8-9H,10-11H2,1-7H3,(H,26,29). The van der Waals surface area contributed by atoms with Gasteiger partial charge < -0.3 is 19.5 Å². The lowest BCUT2D eigenvalue weighted by Crippen LogP contribution is -2.43. The van der Waals surface area contributed by atoms with E-state index in [4.69, 9.17) is 14.2 Å². The Balaban J connectivity index is 2.62. The smallest absolute Gasteiger partial charge is 0.426 e. The van der Waals surface area contributed by atoms with Crippen molar-refractivity contribution >= 4 is 44.8 Å². The van der Waals surface area contributed by atoms with Crippen molar-refractivity contribution in [3.8, 4) is 0 Å². The van der Waals surface area contributed by atoms with Crippen LogP contribution < -0.4 is 10.2 Å². The quantitative estimate of drug-likeness (QED) is 0.575. The van der Waals surface area contributed by atoms with Crippen molar-refractivity contribution in [3.63, 3.8) is 0 Å². The van der Waals surface area contributed by atoms with E-state index in [-0.39, 0.29) is 34.1 Å². The summed E-state index contributed by atoms with van der Waals surface area (Å²) in [4.78, 5) is 42.3. The third-order valence-electron chi connectivity index (χ3n) is 3.98. The Bertz CT molecular complexity index is 1070. The molecule has 1 N–H and O–H groups in total. The molecule has 194 valence electrons. The van der Waals surface area contributed by atoms with Crippen molar-refractivity contribution in [1.82, 2.24) is 10.3 Å². The molecule has 13 heteroatoms. The number of halogens is 3. The number of imide groups is 1. The fraction of sp³-hybridized carbons (Fsp3) is 0.545. The highest BCUT2D eigenvalue weighted by atomic mass is 32.1. The molecular weight excluding hydrogens is 491 g/mol. The molecule has 0 aliphatic heterocycles. The highest BCUT2D eigenvalue weighted by Gasteiger charge is 2.36. The van der Waals surface area contributed by atoms with E-state index < -0.39 is 41.0 Å². The first kappa shape index (κ1) is 28.3. The van der Waals surface area contributed by atoms with Crippen LogP contribution in [0, 0.1) is 0 Å². The van der Waals surface area contributed by atoms with Crippen molar-refractivity contribution in [2.24, 2.45) is 0 Å². The van der Waals surface area contributed by atoms with Crippen LogP contribution in [0.2, 0.25) is 0 Å². The number of thiazole rings is 1. The second kappa shape index (κ2) is 10.4. The van der Waals surface area contributed by atoms with Crippen LogP contribution in [0.3, 0.4) is 0 Å². The van der Waals surface area contributed by atoms with E-state index >= 15 is 0 Å². The van der Waals surface area contributed by atoms with Crippen LogP contribution in [-0.2, 0) is 31.7 Å². The maximum atomic E-state index is 13.5.